The van der Waals surface area contributed by atoms with Crippen molar-refractivity contribution < 1.29 is 0 Å². The zero-order valence-corrected chi connectivity index (χ0v) is 9.61. The number of rotatable bonds is 2. The molecule has 2 aromatic rings. The lowest BCUT2D eigenvalue weighted by atomic mass is 10.1. The van der Waals surface area contributed by atoms with E-state index in [1.54, 1.807) is 0 Å². The van der Waals surface area contributed by atoms with Gasteiger partial charge in [0, 0.05) is 16.9 Å². The van der Waals surface area contributed by atoms with E-state index in [0.717, 1.165) is 4.47 Å². The summed E-state index contributed by atoms with van der Waals surface area (Å²) in [7, 11) is 0. The van der Waals surface area contributed by atoms with Crippen LogP contribution in [0.15, 0.2) is 53.3 Å². The fourth-order valence-electron chi connectivity index (χ4n) is 1.54. The van der Waals surface area contributed by atoms with E-state index in [0.29, 0.717) is 6.04 Å². The van der Waals surface area contributed by atoms with Gasteiger partial charge in [0.25, 0.3) is 0 Å². The van der Waals surface area contributed by atoms with Crippen molar-refractivity contribution in [2.45, 2.75) is 13.0 Å². The first-order valence-electron chi connectivity index (χ1n) is 4.65. The summed E-state index contributed by atoms with van der Waals surface area (Å²) in [6.45, 7) is 2.20. The van der Waals surface area contributed by atoms with Crippen molar-refractivity contribution in [3.05, 3.63) is 58.8 Å². The Bertz CT molecular complexity index is 406. The fraction of sp³-hybridized carbons (Fsp3) is 0.167. The van der Waals surface area contributed by atoms with Gasteiger partial charge in [0.2, 0.25) is 0 Å². The van der Waals surface area contributed by atoms with Crippen LogP contribution in [0.3, 0.4) is 0 Å². The van der Waals surface area contributed by atoms with Crippen molar-refractivity contribution in [1.82, 2.24) is 4.57 Å². The summed E-state index contributed by atoms with van der Waals surface area (Å²) in [6, 6.07) is 12.9. The highest BCUT2D eigenvalue weighted by molar-refractivity contribution is 9.10. The number of halogens is 1. The van der Waals surface area contributed by atoms with E-state index in [9.17, 15) is 0 Å². The van der Waals surface area contributed by atoms with Crippen molar-refractivity contribution in [2.75, 3.05) is 0 Å². The van der Waals surface area contributed by atoms with Gasteiger partial charge in [-0.2, -0.15) is 0 Å². The molecule has 1 aromatic heterocycles. The van der Waals surface area contributed by atoms with Gasteiger partial charge in [-0.3, -0.25) is 0 Å². The number of aromatic nitrogens is 1. The Balaban J connectivity index is 2.32. The second-order valence-electron chi connectivity index (χ2n) is 3.36. The molecule has 1 atom stereocenters. The van der Waals surface area contributed by atoms with Gasteiger partial charge in [0.1, 0.15) is 0 Å². The van der Waals surface area contributed by atoms with Crippen LogP contribution < -0.4 is 0 Å². The summed E-state index contributed by atoms with van der Waals surface area (Å²) in [5.41, 5.74) is 1.32. The molecule has 0 bridgehead atoms. The van der Waals surface area contributed by atoms with Gasteiger partial charge in [-0.15, -0.1) is 0 Å². The molecule has 1 aromatic carbocycles. The van der Waals surface area contributed by atoms with Crippen LogP contribution in [0.1, 0.15) is 18.5 Å². The van der Waals surface area contributed by atoms with Crippen LogP contribution in [-0.4, -0.2) is 4.57 Å². The van der Waals surface area contributed by atoms with Gasteiger partial charge in [-0.05, 0) is 36.8 Å². The van der Waals surface area contributed by atoms with Crippen LogP contribution in [0.2, 0.25) is 0 Å². The smallest absolute Gasteiger partial charge is 0.0552 e. The van der Waals surface area contributed by atoms with Crippen molar-refractivity contribution in [3.63, 3.8) is 0 Å². The molecule has 1 heterocycles. The average molecular weight is 250 g/mol. The number of hydrogen-bond donors (Lipinski definition) is 0. The highest BCUT2D eigenvalue weighted by atomic mass is 79.9. The molecule has 0 spiro atoms. The zero-order chi connectivity index (χ0) is 9.97. The first kappa shape index (κ1) is 9.53. The summed E-state index contributed by atoms with van der Waals surface area (Å²) < 4.78 is 3.33. The van der Waals surface area contributed by atoms with Gasteiger partial charge >= 0.3 is 0 Å². The third-order valence-electron chi connectivity index (χ3n) is 2.41. The Morgan fingerprint density at radius 2 is 1.86 bits per heavy atom. The molecule has 1 nitrogen and oxygen atoms in total. The monoisotopic (exact) mass is 249 g/mol. The topological polar surface area (TPSA) is 4.93 Å². The molecular formula is C12H12BrN. The van der Waals surface area contributed by atoms with E-state index in [1.165, 1.54) is 5.56 Å². The SMILES string of the molecule is CC(c1cccc(Br)c1)n1cccc1. The Morgan fingerprint density at radius 1 is 1.14 bits per heavy atom. The van der Waals surface area contributed by atoms with Gasteiger partial charge < -0.3 is 4.57 Å². The molecule has 0 saturated carbocycles. The Morgan fingerprint density at radius 3 is 2.50 bits per heavy atom. The molecule has 0 aliphatic heterocycles. The van der Waals surface area contributed by atoms with Gasteiger partial charge in [-0.1, -0.05) is 28.1 Å². The molecule has 0 aliphatic carbocycles. The van der Waals surface area contributed by atoms with E-state index in [4.69, 9.17) is 0 Å². The van der Waals surface area contributed by atoms with Crippen LogP contribution in [0.4, 0.5) is 0 Å². The van der Waals surface area contributed by atoms with Crippen LogP contribution in [-0.2, 0) is 0 Å². The number of benzene rings is 1. The van der Waals surface area contributed by atoms with Crippen LogP contribution >= 0.6 is 15.9 Å². The minimum atomic E-state index is 0.391. The zero-order valence-electron chi connectivity index (χ0n) is 8.02. The number of nitrogens with zero attached hydrogens (tertiary/aromatic N) is 1. The first-order chi connectivity index (χ1) is 6.77. The van der Waals surface area contributed by atoms with Crippen LogP contribution in [0.25, 0.3) is 0 Å². The lowest BCUT2D eigenvalue weighted by Gasteiger charge is -2.14. The van der Waals surface area contributed by atoms with Crippen molar-refractivity contribution in [1.29, 1.82) is 0 Å². The summed E-state index contributed by atoms with van der Waals surface area (Å²) in [4.78, 5) is 0. The van der Waals surface area contributed by atoms with Crippen molar-refractivity contribution in [2.24, 2.45) is 0 Å². The molecule has 1 unspecified atom stereocenters. The quantitative estimate of drug-likeness (QED) is 0.762. The highest BCUT2D eigenvalue weighted by Crippen LogP contribution is 2.21. The second kappa shape index (κ2) is 4.01. The summed E-state index contributed by atoms with van der Waals surface area (Å²) in [6.07, 6.45) is 4.18. The maximum atomic E-state index is 3.48. The van der Waals surface area contributed by atoms with E-state index >= 15 is 0 Å². The largest absolute Gasteiger partial charge is 0.347 e. The maximum absolute atomic E-state index is 3.48. The van der Waals surface area contributed by atoms with E-state index < -0.39 is 0 Å². The third kappa shape index (κ3) is 1.90. The van der Waals surface area contributed by atoms with Gasteiger partial charge in [-0.25, -0.2) is 0 Å². The molecule has 0 amide bonds. The molecule has 2 heteroatoms. The minimum absolute atomic E-state index is 0.391. The molecule has 72 valence electrons. The fourth-order valence-corrected chi connectivity index (χ4v) is 1.96. The molecule has 0 N–H and O–H groups in total. The molecule has 0 radical (unpaired) electrons. The Hall–Kier alpha value is -1.02. The van der Waals surface area contributed by atoms with E-state index in [-0.39, 0.29) is 0 Å². The molecule has 2 rings (SSSR count). The first-order valence-corrected chi connectivity index (χ1v) is 5.44. The van der Waals surface area contributed by atoms with Crippen LogP contribution in [0.5, 0.6) is 0 Å². The summed E-state index contributed by atoms with van der Waals surface area (Å²) in [5, 5.41) is 0. The minimum Gasteiger partial charge on any atom is -0.347 e. The lowest BCUT2D eigenvalue weighted by molar-refractivity contribution is 0.643. The third-order valence-corrected chi connectivity index (χ3v) is 2.90. The van der Waals surface area contributed by atoms with Gasteiger partial charge in [0.05, 0.1) is 6.04 Å². The maximum Gasteiger partial charge on any atom is 0.0552 e. The normalized spacial score (nSPS) is 12.7. The predicted molar refractivity (Wildman–Crippen MR) is 62.4 cm³/mol. The molecule has 0 saturated heterocycles. The molecular weight excluding hydrogens is 238 g/mol. The molecule has 0 aliphatic rings. The lowest BCUT2D eigenvalue weighted by Crippen LogP contribution is -2.03. The summed E-state index contributed by atoms with van der Waals surface area (Å²) >= 11 is 3.48. The Kier molecular flexibility index (Phi) is 2.73. The Labute approximate surface area is 92.5 Å². The second-order valence-corrected chi connectivity index (χ2v) is 4.28. The van der Waals surface area contributed by atoms with Crippen molar-refractivity contribution >= 4 is 15.9 Å². The van der Waals surface area contributed by atoms with E-state index in [1.807, 2.05) is 6.07 Å². The standard InChI is InChI=1S/C12H12BrN/c1-10(14-7-2-3-8-14)11-5-4-6-12(13)9-11/h2-10H,1H3. The highest BCUT2D eigenvalue weighted by Gasteiger charge is 2.05. The van der Waals surface area contributed by atoms with Crippen molar-refractivity contribution in [3.8, 4) is 0 Å². The summed E-state index contributed by atoms with van der Waals surface area (Å²) in [5.74, 6) is 0. The predicted octanol–water partition coefficient (Wildman–Crippen LogP) is 3.86. The van der Waals surface area contributed by atoms with E-state index in [2.05, 4.69) is 70.1 Å². The van der Waals surface area contributed by atoms with Crippen LogP contribution in [0, 0.1) is 0 Å². The average Bonchev–Trinajstić information content (AvgIpc) is 2.69. The van der Waals surface area contributed by atoms with Gasteiger partial charge in [0.15, 0.2) is 0 Å². The number of hydrogen-bond acceptors (Lipinski definition) is 0. The molecule has 0 fully saturated rings. The molecule has 14 heavy (non-hydrogen) atoms.